The second kappa shape index (κ2) is 5.95. The maximum atomic E-state index is 12.5. The standard InChI is InChI=1S/C15H18N2O4/c1-2-11-9-5-3-4-6-10(9)15(21)17(11)12(14(16)20)7-8-13(18)19/h3-6,11-12H,2,7-8H2,1H3,(H2,16,20)(H,18,19). The Hall–Kier alpha value is -2.37. The van der Waals surface area contributed by atoms with Gasteiger partial charge in [-0.2, -0.15) is 0 Å². The third-order valence-electron chi connectivity index (χ3n) is 3.80. The van der Waals surface area contributed by atoms with E-state index in [0.717, 1.165) is 5.56 Å². The SMILES string of the molecule is CCC1c2ccccc2C(=O)N1C(CCC(=O)O)C(N)=O. The summed E-state index contributed by atoms with van der Waals surface area (Å²) in [6.45, 7) is 1.92. The number of rotatable bonds is 6. The van der Waals surface area contributed by atoms with Crippen molar-refractivity contribution in [3.05, 3.63) is 35.4 Å². The molecule has 2 rings (SSSR count). The van der Waals surface area contributed by atoms with Crippen LogP contribution in [0.3, 0.4) is 0 Å². The van der Waals surface area contributed by atoms with Crippen LogP contribution in [0.15, 0.2) is 24.3 Å². The van der Waals surface area contributed by atoms with Crippen LogP contribution in [0, 0.1) is 0 Å². The monoisotopic (exact) mass is 290 g/mol. The molecule has 0 aliphatic carbocycles. The number of aliphatic carboxylic acids is 1. The molecule has 1 aromatic carbocycles. The molecule has 21 heavy (non-hydrogen) atoms. The number of nitrogens with two attached hydrogens (primary N) is 1. The molecule has 0 saturated carbocycles. The van der Waals surface area contributed by atoms with Crippen LogP contribution in [0.25, 0.3) is 0 Å². The predicted octanol–water partition coefficient (Wildman–Crippen LogP) is 1.31. The molecule has 3 N–H and O–H groups in total. The number of hydrogen-bond acceptors (Lipinski definition) is 3. The van der Waals surface area contributed by atoms with Gasteiger partial charge in [-0.15, -0.1) is 0 Å². The molecule has 1 heterocycles. The number of benzene rings is 1. The highest BCUT2D eigenvalue weighted by atomic mass is 16.4. The van der Waals surface area contributed by atoms with Gasteiger partial charge in [0.15, 0.2) is 0 Å². The van der Waals surface area contributed by atoms with E-state index in [0.29, 0.717) is 12.0 Å². The number of carbonyl (C=O) groups excluding carboxylic acids is 2. The first-order valence-electron chi connectivity index (χ1n) is 6.90. The molecule has 6 heteroatoms. The van der Waals surface area contributed by atoms with E-state index in [1.807, 2.05) is 19.1 Å². The Balaban J connectivity index is 2.35. The Morgan fingerprint density at radius 1 is 1.38 bits per heavy atom. The van der Waals surface area contributed by atoms with Crippen LogP contribution in [0.5, 0.6) is 0 Å². The van der Waals surface area contributed by atoms with Crippen LogP contribution in [0.4, 0.5) is 0 Å². The summed E-state index contributed by atoms with van der Waals surface area (Å²) in [5.41, 5.74) is 6.82. The van der Waals surface area contributed by atoms with Gasteiger partial charge >= 0.3 is 5.97 Å². The van der Waals surface area contributed by atoms with Crippen molar-refractivity contribution in [2.24, 2.45) is 5.73 Å². The van der Waals surface area contributed by atoms with Gasteiger partial charge in [0.1, 0.15) is 6.04 Å². The average Bonchev–Trinajstić information content (AvgIpc) is 2.72. The summed E-state index contributed by atoms with van der Waals surface area (Å²) in [6.07, 6.45) is 0.463. The average molecular weight is 290 g/mol. The van der Waals surface area contributed by atoms with Gasteiger partial charge in [0.2, 0.25) is 5.91 Å². The minimum absolute atomic E-state index is 0.0287. The van der Waals surface area contributed by atoms with Gasteiger partial charge in [0, 0.05) is 12.0 Å². The van der Waals surface area contributed by atoms with E-state index >= 15 is 0 Å². The number of carbonyl (C=O) groups is 3. The number of fused-ring (bicyclic) bond motifs is 1. The van der Waals surface area contributed by atoms with Crippen LogP contribution in [0.2, 0.25) is 0 Å². The maximum absolute atomic E-state index is 12.5. The first kappa shape index (κ1) is 15.0. The fourth-order valence-corrected chi connectivity index (χ4v) is 2.87. The lowest BCUT2D eigenvalue weighted by atomic mass is 10.0. The summed E-state index contributed by atoms with van der Waals surface area (Å²) < 4.78 is 0. The molecule has 1 aromatic rings. The predicted molar refractivity (Wildman–Crippen MR) is 75.5 cm³/mol. The smallest absolute Gasteiger partial charge is 0.303 e. The minimum Gasteiger partial charge on any atom is -0.481 e. The Morgan fingerprint density at radius 3 is 2.62 bits per heavy atom. The summed E-state index contributed by atoms with van der Waals surface area (Å²) in [5, 5.41) is 8.79. The number of amides is 2. The molecule has 0 fully saturated rings. The largest absolute Gasteiger partial charge is 0.481 e. The van der Waals surface area contributed by atoms with E-state index in [-0.39, 0.29) is 24.8 Å². The molecule has 2 unspecified atom stereocenters. The van der Waals surface area contributed by atoms with Crippen molar-refractivity contribution in [2.75, 3.05) is 0 Å². The summed E-state index contributed by atoms with van der Waals surface area (Å²) in [5.74, 6) is -1.94. The lowest BCUT2D eigenvalue weighted by molar-refractivity contribution is -0.137. The van der Waals surface area contributed by atoms with Crippen LogP contribution in [-0.4, -0.2) is 33.8 Å². The van der Waals surface area contributed by atoms with Gasteiger partial charge < -0.3 is 15.7 Å². The quantitative estimate of drug-likeness (QED) is 0.824. The zero-order valence-corrected chi connectivity index (χ0v) is 11.8. The normalized spacial score (nSPS) is 18.4. The summed E-state index contributed by atoms with van der Waals surface area (Å²) >= 11 is 0. The fraction of sp³-hybridized carbons (Fsp3) is 0.400. The molecule has 112 valence electrons. The lowest BCUT2D eigenvalue weighted by Crippen LogP contribution is -2.46. The van der Waals surface area contributed by atoms with Crippen molar-refractivity contribution in [1.82, 2.24) is 4.90 Å². The molecule has 0 aromatic heterocycles. The molecule has 0 spiro atoms. The highest BCUT2D eigenvalue weighted by Crippen LogP contribution is 2.37. The van der Waals surface area contributed by atoms with Crippen LogP contribution >= 0.6 is 0 Å². The Labute approximate surface area is 122 Å². The molecule has 1 aliphatic rings. The van der Waals surface area contributed by atoms with Crippen molar-refractivity contribution >= 4 is 17.8 Å². The van der Waals surface area contributed by atoms with Gasteiger partial charge in [-0.25, -0.2) is 0 Å². The van der Waals surface area contributed by atoms with E-state index in [9.17, 15) is 14.4 Å². The van der Waals surface area contributed by atoms with Crippen molar-refractivity contribution in [3.8, 4) is 0 Å². The second-order valence-electron chi connectivity index (χ2n) is 5.07. The number of hydrogen-bond donors (Lipinski definition) is 2. The Bertz CT molecular complexity index is 585. The highest BCUT2D eigenvalue weighted by Gasteiger charge is 2.41. The van der Waals surface area contributed by atoms with Gasteiger partial charge in [0.25, 0.3) is 5.91 Å². The number of carboxylic acids is 1. The van der Waals surface area contributed by atoms with Crippen LogP contribution in [0.1, 0.15) is 48.1 Å². The van der Waals surface area contributed by atoms with Gasteiger partial charge in [-0.05, 0) is 24.5 Å². The molecule has 0 saturated heterocycles. The molecular formula is C15H18N2O4. The number of primary amides is 1. The van der Waals surface area contributed by atoms with Crippen molar-refractivity contribution in [2.45, 2.75) is 38.3 Å². The van der Waals surface area contributed by atoms with E-state index in [1.54, 1.807) is 12.1 Å². The first-order valence-corrected chi connectivity index (χ1v) is 6.90. The summed E-state index contributed by atoms with van der Waals surface area (Å²) in [4.78, 5) is 36.4. The molecule has 2 atom stereocenters. The van der Waals surface area contributed by atoms with E-state index in [4.69, 9.17) is 10.8 Å². The van der Waals surface area contributed by atoms with E-state index in [2.05, 4.69) is 0 Å². The Morgan fingerprint density at radius 2 is 2.05 bits per heavy atom. The van der Waals surface area contributed by atoms with Crippen molar-refractivity contribution < 1.29 is 19.5 Å². The summed E-state index contributed by atoms with van der Waals surface area (Å²) in [6, 6.07) is 6.05. The zero-order chi connectivity index (χ0) is 15.6. The third kappa shape index (κ3) is 2.74. The van der Waals surface area contributed by atoms with Gasteiger partial charge in [-0.1, -0.05) is 25.1 Å². The fourth-order valence-electron chi connectivity index (χ4n) is 2.87. The lowest BCUT2D eigenvalue weighted by Gasteiger charge is -2.31. The zero-order valence-electron chi connectivity index (χ0n) is 11.8. The molecule has 0 radical (unpaired) electrons. The van der Waals surface area contributed by atoms with E-state index in [1.165, 1.54) is 4.90 Å². The van der Waals surface area contributed by atoms with Crippen LogP contribution < -0.4 is 5.73 Å². The number of nitrogens with zero attached hydrogens (tertiary/aromatic N) is 1. The van der Waals surface area contributed by atoms with Gasteiger partial charge in [0.05, 0.1) is 6.04 Å². The number of carboxylic acid groups (broad SMARTS) is 1. The molecule has 1 aliphatic heterocycles. The molecular weight excluding hydrogens is 272 g/mol. The summed E-state index contributed by atoms with van der Waals surface area (Å²) in [7, 11) is 0. The van der Waals surface area contributed by atoms with E-state index < -0.39 is 17.9 Å². The third-order valence-corrected chi connectivity index (χ3v) is 3.80. The maximum Gasteiger partial charge on any atom is 0.303 e. The molecule has 0 bridgehead atoms. The van der Waals surface area contributed by atoms with Gasteiger partial charge in [-0.3, -0.25) is 14.4 Å². The molecule has 6 nitrogen and oxygen atoms in total. The minimum atomic E-state index is -1.02. The van der Waals surface area contributed by atoms with Crippen molar-refractivity contribution in [1.29, 1.82) is 0 Å². The second-order valence-corrected chi connectivity index (χ2v) is 5.07. The first-order chi connectivity index (χ1) is 9.97. The topological polar surface area (TPSA) is 101 Å². The molecule has 2 amide bonds. The highest BCUT2D eigenvalue weighted by molar-refractivity contribution is 6.01. The van der Waals surface area contributed by atoms with Crippen molar-refractivity contribution in [3.63, 3.8) is 0 Å². The van der Waals surface area contributed by atoms with Crippen LogP contribution in [-0.2, 0) is 9.59 Å². The Kier molecular flexibility index (Phi) is 4.26.